The highest BCUT2D eigenvalue weighted by Crippen LogP contribution is 2.27. The molecule has 28 heavy (non-hydrogen) atoms. The summed E-state index contributed by atoms with van der Waals surface area (Å²) in [7, 11) is 1.65. The summed E-state index contributed by atoms with van der Waals surface area (Å²) >= 11 is 0. The van der Waals surface area contributed by atoms with Gasteiger partial charge in [0, 0.05) is 30.5 Å². The summed E-state index contributed by atoms with van der Waals surface area (Å²) in [5.74, 6) is 2.15. The van der Waals surface area contributed by atoms with Gasteiger partial charge in [0.05, 0.1) is 13.4 Å². The molecule has 7 heteroatoms. The summed E-state index contributed by atoms with van der Waals surface area (Å²) in [6.45, 7) is 4.83. The lowest BCUT2D eigenvalue weighted by Crippen LogP contribution is -2.06. The first-order valence-corrected chi connectivity index (χ1v) is 9.17. The van der Waals surface area contributed by atoms with Crippen molar-refractivity contribution in [2.45, 2.75) is 26.4 Å². The molecule has 3 heterocycles. The number of nitrogens with one attached hydrogen (secondary N) is 1. The van der Waals surface area contributed by atoms with E-state index in [4.69, 9.17) is 14.7 Å². The number of ether oxygens (including phenoxy) is 1. The molecule has 3 aromatic heterocycles. The Hall–Kier alpha value is -3.48. The van der Waals surface area contributed by atoms with Crippen molar-refractivity contribution in [2.75, 3.05) is 12.4 Å². The number of methoxy groups -OCH3 is 1. The number of pyridine rings is 1. The normalized spacial score (nSPS) is 11.1. The van der Waals surface area contributed by atoms with E-state index in [-0.39, 0.29) is 6.04 Å². The number of imidazole rings is 1. The van der Waals surface area contributed by atoms with E-state index in [1.807, 2.05) is 48.9 Å². The van der Waals surface area contributed by atoms with Crippen molar-refractivity contribution in [3.05, 3.63) is 60.7 Å². The van der Waals surface area contributed by atoms with Gasteiger partial charge < -0.3 is 14.6 Å². The molecule has 142 valence electrons. The molecule has 0 aliphatic rings. The van der Waals surface area contributed by atoms with Crippen LogP contribution in [0, 0.1) is 0 Å². The molecule has 0 saturated carbocycles. The lowest BCUT2D eigenvalue weighted by atomic mass is 10.2. The first-order valence-electron chi connectivity index (χ1n) is 9.17. The summed E-state index contributed by atoms with van der Waals surface area (Å²) in [5.41, 5.74) is 3.56. The lowest BCUT2D eigenvalue weighted by molar-refractivity contribution is 0.415. The molecule has 0 saturated heterocycles. The van der Waals surface area contributed by atoms with Crippen molar-refractivity contribution in [1.29, 1.82) is 0 Å². The number of hydrogen-bond donors (Lipinski definition) is 1. The largest absolute Gasteiger partial charge is 0.497 e. The molecule has 0 aliphatic heterocycles. The number of benzene rings is 1. The Morgan fingerprint density at radius 3 is 2.61 bits per heavy atom. The molecular formula is C21H22N6O. The number of aromatic nitrogens is 5. The van der Waals surface area contributed by atoms with Gasteiger partial charge in [-0.2, -0.15) is 0 Å². The van der Waals surface area contributed by atoms with Gasteiger partial charge >= 0.3 is 0 Å². The molecule has 0 radical (unpaired) electrons. The Balaban J connectivity index is 1.77. The van der Waals surface area contributed by atoms with Crippen LogP contribution in [0.5, 0.6) is 5.75 Å². The molecule has 0 unspecified atom stereocenters. The smallest absolute Gasteiger partial charge is 0.166 e. The first kappa shape index (κ1) is 17.9. The fraction of sp³-hybridized carbons (Fsp3) is 0.238. The van der Waals surface area contributed by atoms with Gasteiger partial charge in [-0.3, -0.25) is 4.98 Å². The van der Waals surface area contributed by atoms with Gasteiger partial charge in [0.15, 0.2) is 17.3 Å². The van der Waals surface area contributed by atoms with E-state index < -0.39 is 0 Å². The number of rotatable bonds is 6. The van der Waals surface area contributed by atoms with Crippen LogP contribution in [0.25, 0.3) is 22.6 Å². The third-order valence-electron chi connectivity index (χ3n) is 4.51. The van der Waals surface area contributed by atoms with Crippen molar-refractivity contribution in [3.63, 3.8) is 0 Å². The van der Waals surface area contributed by atoms with Crippen LogP contribution < -0.4 is 10.1 Å². The van der Waals surface area contributed by atoms with Crippen LogP contribution in [-0.2, 0) is 6.54 Å². The van der Waals surface area contributed by atoms with E-state index in [1.165, 1.54) is 0 Å². The molecule has 1 N–H and O–H groups in total. The minimum absolute atomic E-state index is 0.245. The van der Waals surface area contributed by atoms with Gasteiger partial charge in [-0.05, 0) is 49.7 Å². The number of anilines is 1. The highest BCUT2D eigenvalue weighted by Gasteiger charge is 2.16. The van der Waals surface area contributed by atoms with Gasteiger partial charge in [0.2, 0.25) is 0 Å². The van der Waals surface area contributed by atoms with Crippen molar-refractivity contribution >= 4 is 17.0 Å². The predicted molar refractivity (Wildman–Crippen MR) is 109 cm³/mol. The first-order chi connectivity index (χ1) is 13.7. The molecule has 7 nitrogen and oxygen atoms in total. The van der Waals surface area contributed by atoms with E-state index >= 15 is 0 Å². The van der Waals surface area contributed by atoms with Crippen LogP contribution in [-0.4, -0.2) is 31.6 Å². The Morgan fingerprint density at radius 1 is 1.11 bits per heavy atom. The standard InChI is InChI=1S/C21H22N6O/c1-14(2)27-13-24-18-20(23-12-15-5-4-10-22-11-15)25-19(26-21(18)27)16-6-8-17(28-3)9-7-16/h4-11,13-14H,12H2,1-3H3,(H,23,25,26). The van der Waals surface area contributed by atoms with E-state index in [0.29, 0.717) is 18.2 Å². The molecule has 0 aliphatic carbocycles. The fourth-order valence-electron chi connectivity index (χ4n) is 2.98. The second-order valence-corrected chi connectivity index (χ2v) is 6.76. The second-order valence-electron chi connectivity index (χ2n) is 6.76. The molecule has 0 spiro atoms. The molecule has 0 fully saturated rings. The van der Waals surface area contributed by atoms with Crippen LogP contribution >= 0.6 is 0 Å². The zero-order valence-corrected chi connectivity index (χ0v) is 16.1. The van der Waals surface area contributed by atoms with Crippen LogP contribution in [0.4, 0.5) is 5.82 Å². The van der Waals surface area contributed by atoms with Crippen LogP contribution in [0.3, 0.4) is 0 Å². The Kier molecular flexibility index (Phi) is 4.89. The maximum Gasteiger partial charge on any atom is 0.166 e. The molecule has 0 bridgehead atoms. The highest BCUT2D eigenvalue weighted by molar-refractivity contribution is 5.85. The minimum atomic E-state index is 0.245. The van der Waals surface area contributed by atoms with Crippen LogP contribution in [0.2, 0.25) is 0 Å². The Labute approximate surface area is 163 Å². The summed E-state index contributed by atoms with van der Waals surface area (Å²) in [6, 6.07) is 11.9. The quantitative estimate of drug-likeness (QED) is 0.548. The average Bonchev–Trinajstić information content (AvgIpc) is 3.17. The topological polar surface area (TPSA) is 77.8 Å². The maximum absolute atomic E-state index is 5.25. The van der Waals surface area contributed by atoms with E-state index in [0.717, 1.165) is 28.0 Å². The van der Waals surface area contributed by atoms with Gasteiger partial charge in [0.1, 0.15) is 11.3 Å². The molecular weight excluding hydrogens is 352 g/mol. The summed E-state index contributed by atoms with van der Waals surface area (Å²) < 4.78 is 7.31. The predicted octanol–water partition coefficient (Wildman–Crippen LogP) is 4.09. The van der Waals surface area contributed by atoms with E-state index in [2.05, 4.69) is 33.7 Å². The Bertz CT molecular complexity index is 1070. The molecule has 1 aromatic carbocycles. The third-order valence-corrected chi connectivity index (χ3v) is 4.51. The van der Waals surface area contributed by atoms with Gasteiger partial charge in [-0.25, -0.2) is 15.0 Å². The third kappa shape index (κ3) is 3.51. The van der Waals surface area contributed by atoms with Crippen LogP contribution in [0.1, 0.15) is 25.5 Å². The highest BCUT2D eigenvalue weighted by atomic mass is 16.5. The lowest BCUT2D eigenvalue weighted by Gasteiger charge is -2.11. The van der Waals surface area contributed by atoms with Crippen molar-refractivity contribution in [2.24, 2.45) is 0 Å². The number of nitrogens with zero attached hydrogens (tertiary/aromatic N) is 5. The number of hydrogen-bond acceptors (Lipinski definition) is 6. The second kappa shape index (κ2) is 7.64. The molecule has 0 atom stereocenters. The monoisotopic (exact) mass is 374 g/mol. The van der Waals surface area contributed by atoms with Crippen LogP contribution in [0.15, 0.2) is 55.1 Å². The van der Waals surface area contributed by atoms with Gasteiger partial charge in [0.25, 0.3) is 0 Å². The summed E-state index contributed by atoms with van der Waals surface area (Å²) in [5, 5.41) is 3.40. The van der Waals surface area contributed by atoms with Crippen molar-refractivity contribution < 1.29 is 4.74 Å². The van der Waals surface area contributed by atoms with E-state index in [9.17, 15) is 0 Å². The number of fused-ring (bicyclic) bond motifs is 1. The zero-order chi connectivity index (χ0) is 19.5. The fourth-order valence-corrected chi connectivity index (χ4v) is 2.98. The molecule has 4 rings (SSSR count). The SMILES string of the molecule is COc1ccc(-c2nc(NCc3cccnc3)c3ncn(C(C)C)c3n2)cc1. The maximum atomic E-state index is 5.25. The molecule has 4 aromatic rings. The van der Waals surface area contributed by atoms with Gasteiger partial charge in [-0.1, -0.05) is 6.07 Å². The zero-order valence-electron chi connectivity index (χ0n) is 16.1. The van der Waals surface area contributed by atoms with E-state index in [1.54, 1.807) is 13.3 Å². The minimum Gasteiger partial charge on any atom is -0.497 e. The van der Waals surface area contributed by atoms with Gasteiger partial charge in [-0.15, -0.1) is 0 Å². The average molecular weight is 374 g/mol. The molecule has 0 amide bonds. The Morgan fingerprint density at radius 2 is 1.93 bits per heavy atom. The summed E-state index contributed by atoms with van der Waals surface area (Å²) in [6.07, 6.45) is 5.41. The summed E-state index contributed by atoms with van der Waals surface area (Å²) in [4.78, 5) is 18.3. The van der Waals surface area contributed by atoms with Crippen molar-refractivity contribution in [3.8, 4) is 17.1 Å². The van der Waals surface area contributed by atoms with Crippen molar-refractivity contribution in [1.82, 2.24) is 24.5 Å².